The topological polar surface area (TPSA) is 21.3 Å². The molecule has 0 heterocycles. The van der Waals surface area contributed by atoms with Crippen LogP contribution in [0.3, 0.4) is 0 Å². The number of rotatable bonds is 5. The Hall–Kier alpha value is -1.02. The zero-order valence-electron chi connectivity index (χ0n) is 12.0. The van der Waals surface area contributed by atoms with E-state index in [0.717, 1.165) is 18.8 Å². The Morgan fingerprint density at radius 2 is 1.71 bits per heavy atom. The minimum Gasteiger partial charge on any atom is -0.486 e. The van der Waals surface area contributed by atoms with E-state index < -0.39 is 0 Å². The van der Waals surface area contributed by atoms with Crippen LogP contribution in [0, 0.1) is 20.8 Å². The van der Waals surface area contributed by atoms with Gasteiger partial charge in [0, 0.05) is 6.54 Å². The van der Waals surface area contributed by atoms with Crippen LogP contribution < -0.4 is 10.1 Å². The molecule has 0 aliphatic rings. The van der Waals surface area contributed by atoms with Crippen molar-refractivity contribution in [1.29, 1.82) is 0 Å². The van der Waals surface area contributed by atoms with Gasteiger partial charge in [-0.25, -0.2) is 0 Å². The fourth-order valence-electron chi connectivity index (χ4n) is 1.82. The summed E-state index contributed by atoms with van der Waals surface area (Å²) in [6.45, 7) is 14.5. The number of hydrogen-bond acceptors (Lipinski definition) is 2. The van der Waals surface area contributed by atoms with Gasteiger partial charge in [0.1, 0.15) is 11.4 Å². The molecule has 96 valence electrons. The van der Waals surface area contributed by atoms with Gasteiger partial charge in [-0.15, -0.1) is 0 Å². The fraction of sp³-hybridized carbons (Fsp3) is 0.600. The SMILES string of the molecule is CCNCC(C)(C)Oc1c(C)ccc(C)c1C. The molecule has 1 N–H and O–H groups in total. The summed E-state index contributed by atoms with van der Waals surface area (Å²) >= 11 is 0. The highest BCUT2D eigenvalue weighted by atomic mass is 16.5. The Bertz CT molecular complexity index is 383. The monoisotopic (exact) mass is 235 g/mol. The zero-order valence-corrected chi connectivity index (χ0v) is 12.0. The minimum atomic E-state index is -0.181. The molecule has 0 saturated carbocycles. The van der Waals surface area contributed by atoms with Gasteiger partial charge in [0.05, 0.1) is 0 Å². The van der Waals surface area contributed by atoms with Crippen LogP contribution in [0.4, 0.5) is 0 Å². The lowest BCUT2D eigenvalue weighted by Gasteiger charge is -2.29. The molecule has 1 rings (SSSR count). The zero-order chi connectivity index (χ0) is 13.1. The molecule has 17 heavy (non-hydrogen) atoms. The molecule has 1 aromatic rings. The van der Waals surface area contributed by atoms with E-state index in [4.69, 9.17) is 4.74 Å². The lowest BCUT2D eigenvalue weighted by atomic mass is 10.0. The molecule has 0 unspecified atom stereocenters. The predicted octanol–water partition coefficient (Wildman–Crippen LogP) is 3.38. The van der Waals surface area contributed by atoms with Gasteiger partial charge in [0.2, 0.25) is 0 Å². The lowest BCUT2D eigenvalue weighted by molar-refractivity contribution is 0.107. The first-order valence-electron chi connectivity index (χ1n) is 6.34. The summed E-state index contributed by atoms with van der Waals surface area (Å²) in [6.07, 6.45) is 0. The number of hydrogen-bond donors (Lipinski definition) is 1. The van der Waals surface area contributed by atoms with Gasteiger partial charge in [-0.2, -0.15) is 0 Å². The maximum absolute atomic E-state index is 6.18. The molecular weight excluding hydrogens is 210 g/mol. The van der Waals surface area contributed by atoms with Crippen molar-refractivity contribution in [3.63, 3.8) is 0 Å². The highest BCUT2D eigenvalue weighted by Crippen LogP contribution is 2.29. The van der Waals surface area contributed by atoms with Gasteiger partial charge in [-0.3, -0.25) is 0 Å². The van der Waals surface area contributed by atoms with E-state index in [0.29, 0.717) is 0 Å². The Labute approximate surface area is 105 Å². The molecule has 0 radical (unpaired) electrons. The summed E-state index contributed by atoms with van der Waals surface area (Å²) in [6, 6.07) is 4.27. The number of benzene rings is 1. The summed E-state index contributed by atoms with van der Waals surface area (Å²) in [5.74, 6) is 1.04. The number of likely N-dealkylation sites (N-methyl/N-ethyl adjacent to an activating group) is 1. The average Bonchev–Trinajstić information content (AvgIpc) is 2.27. The molecule has 0 fully saturated rings. The van der Waals surface area contributed by atoms with Crippen LogP contribution in [0.5, 0.6) is 5.75 Å². The van der Waals surface area contributed by atoms with Crippen molar-refractivity contribution in [3.8, 4) is 5.75 Å². The van der Waals surface area contributed by atoms with Crippen LogP contribution in [0.15, 0.2) is 12.1 Å². The molecule has 0 bridgehead atoms. The standard InChI is InChI=1S/C15H25NO/c1-7-16-10-15(5,6)17-14-12(3)9-8-11(2)13(14)4/h8-9,16H,7,10H2,1-6H3. The molecule has 0 amide bonds. The lowest BCUT2D eigenvalue weighted by Crippen LogP contribution is -2.40. The Kier molecular flexibility index (Phi) is 4.58. The first-order chi connectivity index (χ1) is 7.87. The van der Waals surface area contributed by atoms with Crippen molar-refractivity contribution in [2.45, 2.75) is 47.1 Å². The van der Waals surface area contributed by atoms with Crippen molar-refractivity contribution in [2.24, 2.45) is 0 Å². The van der Waals surface area contributed by atoms with E-state index in [-0.39, 0.29) is 5.60 Å². The van der Waals surface area contributed by atoms with Crippen LogP contribution in [-0.2, 0) is 0 Å². The van der Waals surface area contributed by atoms with Crippen molar-refractivity contribution in [1.82, 2.24) is 5.32 Å². The number of nitrogens with one attached hydrogen (secondary N) is 1. The van der Waals surface area contributed by atoms with Gasteiger partial charge in [0.15, 0.2) is 0 Å². The molecule has 0 saturated heterocycles. The third-order valence-corrected chi connectivity index (χ3v) is 3.05. The molecule has 2 nitrogen and oxygen atoms in total. The first-order valence-corrected chi connectivity index (χ1v) is 6.34. The second kappa shape index (κ2) is 5.54. The minimum absolute atomic E-state index is 0.181. The summed E-state index contributed by atoms with van der Waals surface area (Å²) in [7, 11) is 0. The molecule has 0 atom stereocenters. The Balaban J connectivity index is 2.91. The van der Waals surface area contributed by atoms with Crippen molar-refractivity contribution < 1.29 is 4.74 Å². The van der Waals surface area contributed by atoms with Crippen LogP contribution >= 0.6 is 0 Å². The average molecular weight is 235 g/mol. The van der Waals surface area contributed by atoms with E-state index in [1.54, 1.807) is 0 Å². The summed E-state index contributed by atoms with van der Waals surface area (Å²) in [5.41, 5.74) is 3.55. The van der Waals surface area contributed by atoms with Crippen molar-refractivity contribution in [2.75, 3.05) is 13.1 Å². The Morgan fingerprint density at radius 1 is 1.12 bits per heavy atom. The van der Waals surface area contributed by atoms with Gasteiger partial charge in [-0.05, 0) is 57.9 Å². The van der Waals surface area contributed by atoms with Gasteiger partial charge in [0.25, 0.3) is 0 Å². The van der Waals surface area contributed by atoms with Crippen LogP contribution in [0.1, 0.15) is 37.5 Å². The maximum Gasteiger partial charge on any atom is 0.126 e. The molecule has 1 aromatic carbocycles. The van der Waals surface area contributed by atoms with E-state index in [2.05, 4.69) is 59.0 Å². The predicted molar refractivity (Wildman–Crippen MR) is 73.9 cm³/mol. The molecule has 0 spiro atoms. The van der Waals surface area contributed by atoms with Gasteiger partial charge >= 0.3 is 0 Å². The third kappa shape index (κ3) is 3.74. The smallest absolute Gasteiger partial charge is 0.126 e. The Morgan fingerprint density at radius 3 is 2.29 bits per heavy atom. The highest BCUT2D eigenvalue weighted by molar-refractivity contribution is 5.44. The van der Waals surface area contributed by atoms with E-state index in [1.165, 1.54) is 16.7 Å². The van der Waals surface area contributed by atoms with Crippen molar-refractivity contribution in [3.05, 3.63) is 28.8 Å². The van der Waals surface area contributed by atoms with Gasteiger partial charge < -0.3 is 10.1 Å². The van der Waals surface area contributed by atoms with E-state index in [1.807, 2.05) is 0 Å². The van der Waals surface area contributed by atoms with Crippen LogP contribution in [0.2, 0.25) is 0 Å². The van der Waals surface area contributed by atoms with Crippen LogP contribution in [0.25, 0.3) is 0 Å². The summed E-state index contributed by atoms with van der Waals surface area (Å²) in [4.78, 5) is 0. The van der Waals surface area contributed by atoms with Gasteiger partial charge in [-0.1, -0.05) is 19.1 Å². The molecule has 2 heteroatoms. The van der Waals surface area contributed by atoms with E-state index in [9.17, 15) is 0 Å². The quantitative estimate of drug-likeness (QED) is 0.844. The summed E-state index contributed by atoms with van der Waals surface area (Å²) in [5, 5.41) is 3.34. The number of ether oxygens (including phenoxy) is 1. The van der Waals surface area contributed by atoms with Crippen LogP contribution in [-0.4, -0.2) is 18.7 Å². The molecule has 0 aliphatic carbocycles. The third-order valence-electron chi connectivity index (χ3n) is 3.05. The number of aryl methyl sites for hydroxylation is 2. The fourth-order valence-corrected chi connectivity index (χ4v) is 1.82. The summed E-state index contributed by atoms with van der Waals surface area (Å²) < 4.78 is 6.18. The highest BCUT2D eigenvalue weighted by Gasteiger charge is 2.21. The maximum atomic E-state index is 6.18. The molecule has 0 aromatic heterocycles. The first kappa shape index (κ1) is 14.0. The largest absolute Gasteiger partial charge is 0.486 e. The second-order valence-electron chi connectivity index (χ2n) is 5.30. The van der Waals surface area contributed by atoms with E-state index >= 15 is 0 Å². The molecule has 0 aliphatic heterocycles. The normalized spacial score (nSPS) is 11.6. The molecular formula is C15H25NO. The van der Waals surface area contributed by atoms with Crippen molar-refractivity contribution >= 4 is 0 Å². The second-order valence-corrected chi connectivity index (χ2v) is 5.30.